The van der Waals surface area contributed by atoms with Gasteiger partial charge in [-0.1, -0.05) is 0 Å². The van der Waals surface area contributed by atoms with Gasteiger partial charge < -0.3 is 18.9 Å². The van der Waals surface area contributed by atoms with E-state index in [4.69, 9.17) is 29.2 Å². The first kappa shape index (κ1) is 25.3. The van der Waals surface area contributed by atoms with Crippen LogP contribution in [0.25, 0.3) is 31.8 Å². The van der Waals surface area contributed by atoms with Gasteiger partial charge in [0, 0.05) is 18.8 Å². The molecule has 0 unspecified atom stereocenters. The molecule has 0 N–H and O–H groups in total. The van der Waals surface area contributed by atoms with Crippen LogP contribution in [0.1, 0.15) is 16.7 Å². The third-order valence-electron chi connectivity index (χ3n) is 6.36. The lowest BCUT2D eigenvalue weighted by molar-refractivity contribution is -0.0718. The Morgan fingerprint density at radius 1 is 1.15 bits per heavy atom. The number of aromatic nitrogens is 4. The van der Waals surface area contributed by atoms with Crippen molar-refractivity contribution in [2.75, 3.05) is 25.7 Å². The van der Waals surface area contributed by atoms with Crippen molar-refractivity contribution in [3.63, 3.8) is 0 Å². The highest BCUT2D eigenvalue weighted by molar-refractivity contribution is 7.22. The first-order chi connectivity index (χ1) is 19.3. The molecule has 200 valence electrons. The maximum absolute atomic E-state index is 12.8. The monoisotopic (exact) mass is 554 g/mol. The predicted molar refractivity (Wildman–Crippen MR) is 148 cm³/mol. The molecule has 11 nitrogen and oxygen atoms in total. The number of thiazole rings is 1. The molecule has 1 atom stereocenters. The molecule has 0 bridgehead atoms. The third-order valence-corrected chi connectivity index (χ3v) is 7.44. The summed E-state index contributed by atoms with van der Waals surface area (Å²) in [5, 5.41) is 9.87. The first-order valence-corrected chi connectivity index (χ1v) is 13.0. The Balaban J connectivity index is 1.29. The topological polar surface area (TPSA) is 133 Å². The number of pyridine rings is 1. The van der Waals surface area contributed by atoms with Gasteiger partial charge in [0.1, 0.15) is 15.8 Å². The van der Waals surface area contributed by atoms with E-state index in [0.717, 1.165) is 42.9 Å². The molecule has 1 aliphatic heterocycles. The van der Waals surface area contributed by atoms with Gasteiger partial charge in [-0.25, -0.2) is 19.7 Å². The average molecular weight is 555 g/mol. The van der Waals surface area contributed by atoms with Crippen molar-refractivity contribution < 1.29 is 23.7 Å². The fraction of sp³-hybridized carbons (Fsp3) is 0.214. The molecule has 6 rings (SSSR count). The van der Waals surface area contributed by atoms with Crippen LogP contribution >= 0.6 is 11.3 Å². The Morgan fingerprint density at radius 2 is 2.00 bits per heavy atom. The predicted octanol–water partition coefficient (Wildman–Crippen LogP) is 5.17. The zero-order valence-electron chi connectivity index (χ0n) is 22.0. The molecule has 3 aromatic heterocycles. The van der Waals surface area contributed by atoms with Gasteiger partial charge in [-0.3, -0.25) is 9.88 Å². The van der Waals surface area contributed by atoms with Gasteiger partial charge in [-0.05, 0) is 49.2 Å². The van der Waals surface area contributed by atoms with Crippen molar-refractivity contribution in [2.45, 2.75) is 20.1 Å². The summed E-state index contributed by atoms with van der Waals surface area (Å²) in [7, 11) is 3.09. The minimum atomic E-state index is -0.968. The fourth-order valence-corrected chi connectivity index (χ4v) is 5.54. The summed E-state index contributed by atoms with van der Waals surface area (Å²) in [6.45, 7) is 3.93. The summed E-state index contributed by atoms with van der Waals surface area (Å²) in [5.74, 6) is 1.44. The number of methoxy groups -OCH3 is 1. The van der Waals surface area contributed by atoms with Crippen molar-refractivity contribution in [1.29, 1.82) is 5.26 Å². The summed E-state index contributed by atoms with van der Waals surface area (Å²) in [5.41, 5.74) is 5.75. The molecule has 4 heterocycles. The minimum absolute atomic E-state index is 0.00684. The van der Waals surface area contributed by atoms with Crippen molar-refractivity contribution >= 4 is 44.4 Å². The van der Waals surface area contributed by atoms with Gasteiger partial charge in [0.25, 0.3) is 6.29 Å². The average Bonchev–Trinajstić information content (AvgIpc) is 3.42. The van der Waals surface area contributed by atoms with E-state index in [1.807, 2.05) is 38.1 Å². The number of hydrogen-bond acceptors (Lipinski definition) is 11. The van der Waals surface area contributed by atoms with Gasteiger partial charge in [-0.2, -0.15) is 5.26 Å². The van der Waals surface area contributed by atoms with Crippen LogP contribution in [0.2, 0.25) is 0 Å². The number of fused-ring (bicyclic) bond motifs is 4. The second kappa shape index (κ2) is 9.94. The van der Waals surface area contributed by atoms with E-state index in [1.54, 1.807) is 19.4 Å². The van der Waals surface area contributed by atoms with Crippen LogP contribution in [0.3, 0.4) is 0 Å². The smallest absolute Gasteiger partial charge is 0.417 e. The van der Waals surface area contributed by atoms with E-state index >= 15 is 0 Å². The summed E-state index contributed by atoms with van der Waals surface area (Å²) in [4.78, 5) is 32.1. The lowest BCUT2D eigenvalue weighted by Crippen LogP contribution is -2.38. The number of hydrogen-bond donors (Lipinski definition) is 0. The van der Waals surface area contributed by atoms with Crippen molar-refractivity contribution in [2.24, 2.45) is 0 Å². The number of nitriles is 1. The Bertz CT molecular complexity index is 1850. The lowest BCUT2D eigenvalue weighted by atomic mass is 10.1. The molecule has 0 radical (unpaired) electrons. The Kier molecular flexibility index (Phi) is 6.28. The number of anilines is 1. The fourth-order valence-electron chi connectivity index (χ4n) is 4.39. The molecule has 0 saturated carbocycles. The van der Waals surface area contributed by atoms with E-state index in [0.29, 0.717) is 28.6 Å². The standard InChI is InChI=1S/C28H22N6O5S/c1-14-5-18(24-19(6-14)32-21(36-4)12-31-24)27-33-23-15(2)7-20-25(26(23)40-27)37-13-22(38-20)39-28(35)34(3)17-8-16(9-29)10-30-11-17/h5-8,10-12,22H,13H2,1-4H3/t22-/m1/s1. The molecule has 0 fully saturated rings. The molecule has 1 aliphatic rings. The number of carbonyl (C=O) groups excluding carboxylic acids is 1. The highest BCUT2D eigenvalue weighted by Crippen LogP contribution is 2.46. The summed E-state index contributed by atoms with van der Waals surface area (Å²) in [6.07, 6.45) is 2.84. The number of amides is 1. The maximum atomic E-state index is 12.8. The van der Waals surface area contributed by atoms with Crippen LogP contribution in [0.15, 0.2) is 42.9 Å². The molecule has 40 heavy (non-hydrogen) atoms. The highest BCUT2D eigenvalue weighted by atomic mass is 32.1. The molecule has 1 amide bonds. The van der Waals surface area contributed by atoms with E-state index < -0.39 is 12.4 Å². The van der Waals surface area contributed by atoms with Gasteiger partial charge in [0.15, 0.2) is 18.1 Å². The summed E-state index contributed by atoms with van der Waals surface area (Å²) >= 11 is 1.47. The second-order valence-electron chi connectivity index (χ2n) is 9.15. The maximum Gasteiger partial charge on any atom is 0.417 e. The van der Waals surface area contributed by atoms with E-state index in [1.165, 1.54) is 35.7 Å². The van der Waals surface area contributed by atoms with E-state index in [2.05, 4.69) is 15.0 Å². The van der Waals surface area contributed by atoms with Crippen molar-refractivity contribution in [1.82, 2.24) is 19.9 Å². The zero-order chi connectivity index (χ0) is 28.0. The number of ether oxygens (including phenoxy) is 4. The van der Waals surface area contributed by atoms with Crippen LogP contribution in [-0.2, 0) is 4.74 Å². The Labute approximate surface area is 232 Å². The van der Waals surface area contributed by atoms with Gasteiger partial charge in [0.05, 0.1) is 47.3 Å². The number of carbonyl (C=O) groups is 1. The molecular weight excluding hydrogens is 532 g/mol. The van der Waals surface area contributed by atoms with E-state index in [-0.39, 0.29) is 6.61 Å². The summed E-state index contributed by atoms with van der Waals surface area (Å²) in [6, 6.07) is 9.36. The molecule has 2 aromatic carbocycles. The van der Waals surface area contributed by atoms with E-state index in [9.17, 15) is 4.79 Å². The largest absolute Gasteiger partial charge is 0.480 e. The number of nitrogens with zero attached hydrogens (tertiary/aromatic N) is 6. The van der Waals surface area contributed by atoms with Crippen LogP contribution in [-0.4, -0.2) is 53.1 Å². The molecule has 0 spiro atoms. The zero-order valence-corrected chi connectivity index (χ0v) is 22.8. The molecule has 0 aliphatic carbocycles. The normalized spacial score (nSPS) is 14.1. The molecule has 0 saturated heterocycles. The van der Waals surface area contributed by atoms with Crippen molar-refractivity contribution in [3.05, 3.63) is 59.5 Å². The Morgan fingerprint density at radius 3 is 2.80 bits per heavy atom. The van der Waals surface area contributed by atoms with Crippen LogP contribution in [0.5, 0.6) is 17.4 Å². The van der Waals surface area contributed by atoms with Gasteiger partial charge >= 0.3 is 6.09 Å². The lowest BCUT2D eigenvalue weighted by Gasteiger charge is -2.28. The third kappa shape index (κ3) is 4.46. The quantitative estimate of drug-likeness (QED) is 0.293. The highest BCUT2D eigenvalue weighted by Gasteiger charge is 2.30. The van der Waals surface area contributed by atoms with Crippen LogP contribution < -0.4 is 19.1 Å². The van der Waals surface area contributed by atoms with Gasteiger partial charge in [-0.15, -0.1) is 11.3 Å². The number of rotatable bonds is 4. The molecular formula is C28H22N6O5S. The summed E-state index contributed by atoms with van der Waals surface area (Å²) < 4.78 is 23.7. The first-order valence-electron chi connectivity index (χ1n) is 12.2. The Hall–Kier alpha value is -5.02. The van der Waals surface area contributed by atoms with Gasteiger partial charge in [0.2, 0.25) is 5.88 Å². The van der Waals surface area contributed by atoms with Crippen LogP contribution in [0.4, 0.5) is 10.5 Å². The second-order valence-corrected chi connectivity index (χ2v) is 10.2. The SMILES string of the molecule is COc1cnc2c(-c3nc4c(C)cc5c(c4s3)OC[C@@H](OC(=O)N(C)c3cncc(C#N)c3)O5)cc(C)cc2n1. The minimum Gasteiger partial charge on any atom is -0.480 e. The molecule has 5 aromatic rings. The molecule has 12 heteroatoms. The number of aryl methyl sites for hydroxylation is 2. The van der Waals surface area contributed by atoms with Crippen molar-refractivity contribution in [3.8, 4) is 34.0 Å². The van der Waals surface area contributed by atoms with Crippen LogP contribution in [0, 0.1) is 25.2 Å². The number of benzene rings is 2.